The fourth-order valence-electron chi connectivity index (χ4n) is 1.54. The molecular weight excluding hydrogens is 292 g/mol. The van der Waals surface area contributed by atoms with Crippen LogP contribution in [0.15, 0.2) is 12.1 Å². The topological polar surface area (TPSA) is 35.5 Å². The second-order valence-electron chi connectivity index (χ2n) is 3.83. The van der Waals surface area contributed by atoms with E-state index >= 15 is 0 Å². The van der Waals surface area contributed by atoms with Crippen molar-refractivity contribution in [3.8, 4) is 11.5 Å². The van der Waals surface area contributed by atoms with Crippen molar-refractivity contribution in [1.82, 2.24) is 0 Å². The zero-order chi connectivity index (χ0) is 14.3. The Morgan fingerprint density at radius 3 is 2.16 bits per heavy atom. The normalized spacial score (nSPS) is 19.0. The number of alkyl halides is 4. The van der Waals surface area contributed by atoms with Gasteiger partial charge in [0.1, 0.15) is 6.29 Å². The molecular formula is C11H7ClF4O3. The third-order valence-electron chi connectivity index (χ3n) is 2.46. The van der Waals surface area contributed by atoms with Crippen LogP contribution in [0.5, 0.6) is 11.5 Å². The van der Waals surface area contributed by atoms with Crippen molar-refractivity contribution in [3.63, 3.8) is 0 Å². The Morgan fingerprint density at radius 2 is 1.63 bits per heavy atom. The van der Waals surface area contributed by atoms with E-state index in [0.717, 1.165) is 12.1 Å². The average molecular weight is 299 g/mol. The molecule has 0 aliphatic carbocycles. The monoisotopic (exact) mass is 298 g/mol. The lowest BCUT2D eigenvalue weighted by Gasteiger charge is -2.32. The first kappa shape index (κ1) is 13.9. The predicted molar refractivity (Wildman–Crippen MR) is 57.0 cm³/mol. The quantitative estimate of drug-likeness (QED) is 0.633. The molecule has 0 atom stereocenters. The van der Waals surface area contributed by atoms with Crippen molar-refractivity contribution in [2.75, 3.05) is 0 Å². The van der Waals surface area contributed by atoms with E-state index in [9.17, 15) is 22.4 Å². The Hall–Kier alpha value is -1.50. The molecule has 0 spiro atoms. The zero-order valence-corrected chi connectivity index (χ0v) is 10.0. The van der Waals surface area contributed by atoms with E-state index in [2.05, 4.69) is 9.47 Å². The maximum Gasteiger partial charge on any atom is 0.507 e. The molecule has 0 fully saturated rings. The van der Waals surface area contributed by atoms with E-state index in [0.29, 0.717) is 11.8 Å². The second kappa shape index (κ2) is 4.56. The van der Waals surface area contributed by atoms with Crippen LogP contribution in [0.2, 0.25) is 5.02 Å². The fourth-order valence-corrected chi connectivity index (χ4v) is 1.79. The highest BCUT2D eigenvalue weighted by Gasteiger charge is 2.66. The number of hydrogen-bond donors (Lipinski definition) is 0. The molecule has 0 saturated carbocycles. The molecule has 0 amide bonds. The van der Waals surface area contributed by atoms with E-state index < -0.39 is 23.7 Å². The highest BCUT2D eigenvalue weighted by atomic mass is 35.5. The van der Waals surface area contributed by atoms with Gasteiger partial charge in [-0.1, -0.05) is 11.6 Å². The Balaban J connectivity index is 2.39. The van der Waals surface area contributed by atoms with Crippen LogP contribution in [0.4, 0.5) is 17.6 Å². The summed E-state index contributed by atoms with van der Waals surface area (Å²) < 4.78 is 59.6. The van der Waals surface area contributed by atoms with Gasteiger partial charge in [0.25, 0.3) is 0 Å². The van der Waals surface area contributed by atoms with Crippen molar-refractivity contribution < 1.29 is 31.8 Å². The Morgan fingerprint density at radius 1 is 1.11 bits per heavy atom. The highest BCUT2D eigenvalue weighted by Crippen LogP contribution is 2.48. The molecule has 19 heavy (non-hydrogen) atoms. The van der Waals surface area contributed by atoms with Crippen LogP contribution in [0.1, 0.15) is 12.0 Å². The lowest BCUT2D eigenvalue weighted by Crippen LogP contribution is -2.52. The van der Waals surface area contributed by atoms with Crippen LogP contribution in [0.3, 0.4) is 0 Å². The van der Waals surface area contributed by atoms with Crippen molar-refractivity contribution >= 4 is 17.9 Å². The molecule has 0 N–H and O–H groups in total. The smallest absolute Gasteiger partial charge is 0.421 e. The van der Waals surface area contributed by atoms with Gasteiger partial charge in [0.2, 0.25) is 0 Å². The predicted octanol–water partition coefficient (Wildman–Crippen LogP) is 3.43. The molecule has 8 heteroatoms. The standard InChI is InChI=1S/C11H7ClF4O3/c12-7-5-9-8(4-6(7)2-1-3-17)18-10(13,14)11(15,16)19-9/h3-5H,1-2H2. The van der Waals surface area contributed by atoms with E-state index in [-0.39, 0.29) is 17.9 Å². The number of halogens is 5. The van der Waals surface area contributed by atoms with Crippen molar-refractivity contribution in [2.24, 2.45) is 0 Å². The van der Waals surface area contributed by atoms with Crippen LogP contribution in [-0.2, 0) is 11.2 Å². The maximum absolute atomic E-state index is 13.0. The van der Waals surface area contributed by atoms with Crippen molar-refractivity contribution in [3.05, 3.63) is 22.7 Å². The third kappa shape index (κ3) is 2.47. The summed E-state index contributed by atoms with van der Waals surface area (Å²) in [5, 5.41) is 0.0326. The van der Waals surface area contributed by atoms with Crippen LogP contribution >= 0.6 is 11.6 Å². The minimum atomic E-state index is -4.77. The van der Waals surface area contributed by atoms with E-state index in [1.165, 1.54) is 0 Å². The van der Waals surface area contributed by atoms with Crippen molar-refractivity contribution in [2.45, 2.75) is 25.1 Å². The Labute approximate surface area is 110 Å². The van der Waals surface area contributed by atoms with Crippen LogP contribution < -0.4 is 9.47 Å². The summed E-state index contributed by atoms with van der Waals surface area (Å²) in [4.78, 5) is 10.2. The minimum absolute atomic E-state index is 0.0326. The van der Waals surface area contributed by atoms with Gasteiger partial charge in [0.15, 0.2) is 11.5 Å². The zero-order valence-electron chi connectivity index (χ0n) is 9.26. The first-order valence-electron chi connectivity index (χ1n) is 5.16. The van der Waals surface area contributed by atoms with E-state index in [1.807, 2.05) is 0 Å². The average Bonchev–Trinajstić information content (AvgIpc) is 2.28. The number of aldehydes is 1. The summed E-state index contributed by atoms with van der Waals surface area (Å²) in [7, 11) is 0. The first-order chi connectivity index (χ1) is 8.77. The largest absolute Gasteiger partial charge is 0.507 e. The number of carbonyl (C=O) groups is 1. The summed E-state index contributed by atoms with van der Waals surface area (Å²) >= 11 is 5.78. The molecule has 3 nitrogen and oxygen atoms in total. The second-order valence-corrected chi connectivity index (χ2v) is 4.24. The molecule has 1 aliphatic rings. The van der Waals surface area contributed by atoms with Gasteiger partial charge in [-0.15, -0.1) is 0 Å². The molecule has 2 rings (SSSR count). The molecule has 104 valence electrons. The third-order valence-corrected chi connectivity index (χ3v) is 2.81. The summed E-state index contributed by atoms with van der Waals surface area (Å²) in [6, 6.07) is 2.02. The Bertz CT molecular complexity index is 519. The number of rotatable bonds is 3. The lowest BCUT2D eigenvalue weighted by molar-refractivity contribution is -0.391. The molecule has 1 aromatic rings. The fraction of sp³-hybridized carbons (Fsp3) is 0.364. The van der Waals surface area contributed by atoms with Gasteiger partial charge in [-0.3, -0.25) is 0 Å². The molecule has 0 bridgehead atoms. The van der Waals surface area contributed by atoms with Crippen molar-refractivity contribution in [1.29, 1.82) is 0 Å². The molecule has 0 radical (unpaired) electrons. The number of aryl methyl sites for hydroxylation is 1. The minimum Gasteiger partial charge on any atom is -0.421 e. The van der Waals surface area contributed by atoms with Gasteiger partial charge in [-0.05, 0) is 18.1 Å². The number of fused-ring (bicyclic) bond motifs is 1. The summed E-state index contributed by atoms with van der Waals surface area (Å²) in [5.74, 6) is -1.11. The molecule has 1 aromatic carbocycles. The van der Waals surface area contributed by atoms with Gasteiger partial charge in [-0.2, -0.15) is 17.6 Å². The summed E-state index contributed by atoms with van der Waals surface area (Å²) in [6.07, 6.45) is -8.62. The molecule has 0 saturated heterocycles. The number of ether oxygens (including phenoxy) is 2. The summed E-state index contributed by atoms with van der Waals surface area (Å²) in [5.41, 5.74) is 0.331. The van der Waals surface area contributed by atoms with Crippen LogP contribution in [0, 0.1) is 0 Å². The molecule has 1 aliphatic heterocycles. The number of carbonyl (C=O) groups excluding carboxylic acids is 1. The van der Waals surface area contributed by atoms with Gasteiger partial charge < -0.3 is 14.3 Å². The molecule has 0 aromatic heterocycles. The van der Waals surface area contributed by atoms with Gasteiger partial charge in [0, 0.05) is 17.5 Å². The van der Waals surface area contributed by atoms with Gasteiger partial charge in [0.05, 0.1) is 0 Å². The first-order valence-corrected chi connectivity index (χ1v) is 5.54. The number of hydrogen-bond acceptors (Lipinski definition) is 3. The van der Waals surface area contributed by atoms with Crippen LogP contribution in [-0.4, -0.2) is 18.5 Å². The lowest BCUT2D eigenvalue weighted by atomic mass is 10.1. The summed E-state index contributed by atoms with van der Waals surface area (Å²) in [6.45, 7) is 0. The maximum atomic E-state index is 13.0. The number of benzene rings is 1. The van der Waals surface area contributed by atoms with E-state index in [1.54, 1.807) is 0 Å². The molecule has 1 heterocycles. The highest BCUT2D eigenvalue weighted by molar-refractivity contribution is 6.31. The van der Waals surface area contributed by atoms with Gasteiger partial charge >= 0.3 is 12.2 Å². The Kier molecular flexibility index (Phi) is 3.34. The molecule has 0 unspecified atom stereocenters. The van der Waals surface area contributed by atoms with Gasteiger partial charge in [-0.25, -0.2) is 0 Å². The SMILES string of the molecule is O=CCCc1cc2c(cc1Cl)OC(F)(F)C(F)(F)O2. The van der Waals surface area contributed by atoms with Crippen LogP contribution in [0.25, 0.3) is 0 Å². The van der Waals surface area contributed by atoms with E-state index in [4.69, 9.17) is 11.6 Å².